The lowest BCUT2D eigenvalue weighted by atomic mass is 10.1. The van der Waals surface area contributed by atoms with Crippen molar-refractivity contribution in [2.75, 3.05) is 6.54 Å². The van der Waals surface area contributed by atoms with Gasteiger partial charge in [-0.15, -0.1) is 5.06 Å². The molecule has 5 nitrogen and oxygen atoms in total. The second-order valence-corrected chi connectivity index (χ2v) is 2.60. The maximum atomic E-state index is 10.4. The Balaban J connectivity index is 2.17. The number of carbonyl (C=O) groups excluding carboxylic acids is 2. The number of unbranched alkanes of at least 4 members (excludes halogenated alkanes) is 1. The van der Waals surface area contributed by atoms with Crippen LogP contribution in [0.5, 0.6) is 0 Å². The summed E-state index contributed by atoms with van der Waals surface area (Å²) in [5.41, 5.74) is 5.26. The Morgan fingerprint density at radius 1 is 1.58 bits per heavy atom. The van der Waals surface area contributed by atoms with E-state index >= 15 is 0 Å². The van der Waals surface area contributed by atoms with Gasteiger partial charge in [0, 0.05) is 0 Å². The van der Waals surface area contributed by atoms with E-state index in [1.54, 1.807) is 6.29 Å². The summed E-state index contributed by atoms with van der Waals surface area (Å²) in [5.74, 6) is 0. The summed E-state index contributed by atoms with van der Waals surface area (Å²) in [6.45, 7) is 0.598. The van der Waals surface area contributed by atoms with Crippen LogP contribution in [0.4, 0.5) is 4.79 Å². The van der Waals surface area contributed by atoms with Crippen molar-refractivity contribution in [2.24, 2.45) is 5.73 Å². The van der Waals surface area contributed by atoms with Crippen LogP contribution in [0.25, 0.3) is 0 Å². The fraction of sp³-hybridized carbons (Fsp3) is 0.714. The second kappa shape index (κ2) is 4.06. The lowest BCUT2D eigenvalue weighted by Gasteiger charge is -2.03. The molecule has 5 heteroatoms. The molecule has 1 saturated heterocycles. The van der Waals surface area contributed by atoms with Gasteiger partial charge < -0.3 is 10.6 Å². The van der Waals surface area contributed by atoms with Crippen LogP contribution in [0, 0.1) is 0 Å². The Bertz CT molecular complexity index is 183. The Morgan fingerprint density at radius 3 is 2.67 bits per heavy atom. The number of nitrogens with zero attached hydrogens (tertiary/aromatic N) is 1. The Hall–Kier alpha value is -1.10. The molecule has 1 radical (unpaired) electrons. The molecule has 1 aliphatic heterocycles. The van der Waals surface area contributed by atoms with E-state index in [-0.39, 0.29) is 0 Å². The molecule has 0 unspecified atom stereocenters. The van der Waals surface area contributed by atoms with Crippen molar-refractivity contribution in [1.82, 2.24) is 5.06 Å². The summed E-state index contributed by atoms with van der Waals surface area (Å²) in [6.07, 6.45) is 3.53. The fourth-order valence-corrected chi connectivity index (χ4v) is 0.961. The van der Waals surface area contributed by atoms with Crippen LogP contribution >= 0.6 is 0 Å². The van der Waals surface area contributed by atoms with Gasteiger partial charge in [-0.05, 0) is 25.8 Å². The van der Waals surface area contributed by atoms with Gasteiger partial charge >= 0.3 is 6.09 Å². The third-order valence-electron chi connectivity index (χ3n) is 1.67. The first-order chi connectivity index (χ1) is 5.79. The van der Waals surface area contributed by atoms with Gasteiger partial charge in [-0.3, -0.25) is 4.79 Å². The summed E-state index contributed by atoms with van der Waals surface area (Å²) in [5, 5.41) is 1.03. The molecular weight excluding hydrogens is 160 g/mol. The molecule has 1 amide bonds. The fourth-order valence-electron chi connectivity index (χ4n) is 0.961. The van der Waals surface area contributed by atoms with Gasteiger partial charge in [-0.2, -0.15) is 0 Å². The van der Waals surface area contributed by atoms with E-state index in [1.807, 2.05) is 0 Å². The Labute approximate surface area is 70.4 Å². The van der Waals surface area contributed by atoms with Gasteiger partial charge in [0.1, 0.15) is 6.04 Å². The van der Waals surface area contributed by atoms with E-state index in [0.29, 0.717) is 13.0 Å². The summed E-state index contributed by atoms with van der Waals surface area (Å²) < 4.78 is 0. The third kappa shape index (κ3) is 2.20. The van der Waals surface area contributed by atoms with Crippen LogP contribution < -0.4 is 5.73 Å². The van der Waals surface area contributed by atoms with Crippen molar-refractivity contribution in [3.8, 4) is 0 Å². The van der Waals surface area contributed by atoms with Crippen LogP contribution in [0.2, 0.25) is 0 Å². The van der Waals surface area contributed by atoms with Gasteiger partial charge in [0.25, 0.3) is 0 Å². The van der Waals surface area contributed by atoms with Crippen LogP contribution in [-0.2, 0) is 9.63 Å². The van der Waals surface area contributed by atoms with E-state index in [4.69, 9.17) is 5.73 Å². The molecule has 1 aliphatic rings. The highest BCUT2D eigenvalue weighted by atomic mass is 16.9. The summed E-state index contributed by atoms with van der Waals surface area (Å²) >= 11 is 0. The van der Waals surface area contributed by atoms with Crippen molar-refractivity contribution >= 4 is 12.4 Å². The summed E-state index contributed by atoms with van der Waals surface area (Å²) in [7, 11) is 0. The Kier molecular flexibility index (Phi) is 3.04. The molecule has 1 fully saturated rings. The van der Waals surface area contributed by atoms with Crippen molar-refractivity contribution in [3.05, 3.63) is 0 Å². The number of hydrogen-bond donors (Lipinski definition) is 1. The molecular formula is C7H11N2O3. The molecule has 0 bridgehead atoms. The van der Waals surface area contributed by atoms with Crippen LogP contribution in [0.3, 0.4) is 0 Å². The number of carbonyl (C=O) groups is 1. The summed E-state index contributed by atoms with van der Waals surface area (Å²) in [4.78, 5) is 25.1. The zero-order chi connectivity index (χ0) is 8.97. The molecule has 0 saturated carbocycles. The minimum atomic E-state index is -0.538. The number of nitrogens with two attached hydrogens (primary N) is 1. The molecule has 12 heavy (non-hydrogen) atoms. The van der Waals surface area contributed by atoms with E-state index in [1.165, 1.54) is 0 Å². The normalized spacial score (nSPS) is 17.1. The van der Waals surface area contributed by atoms with Gasteiger partial charge in [0.2, 0.25) is 6.29 Å². The number of hydroxylamine groups is 2. The molecule has 67 valence electrons. The number of rotatable bonds is 6. The minimum Gasteiger partial charge on any atom is -0.330 e. The predicted molar refractivity (Wildman–Crippen MR) is 40.7 cm³/mol. The van der Waals surface area contributed by atoms with Gasteiger partial charge in [0.05, 0.1) is 0 Å². The van der Waals surface area contributed by atoms with E-state index in [9.17, 15) is 9.59 Å². The van der Waals surface area contributed by atoms with Crippen molar-refractivity contribution in [2.45, 2.75) is 25.3 Å². The lowest BCUT2D eigenvalue weighted by Crippen LogP contribution is -2.20. The molecule has 1 atom stereocenters. The molecule has 0 aromatic rings. The average molecular weight is 171 g/mol. The number of amides is 1. The minimum absolute atomic E-state index is 0.448. The molecule has 0 spiro atoms. The SMILES string of the molecule is NCCCC[C@@H]([C]=O)N1OC1=O. The van der Waals surface area contributed by atoms with Crippen molar-refractivity contribution in [3.63, 3.8) is 0 Å². The molecule has 1 rings (SSSR count). The van der Waals surface area contributed by atoms with Gasteiger partial charge in [-0.25, -0.2) is 4.79 Å². The van der Waals surface area contributed by atoms with Crippen molar-refractivity contribution in [1.29, 1.82) is 0 Å². The smallest absolute Gasteiger partial charge is 0.330 e. The van der Waals surface area contributed by atoms with E-state index in [0.717, 1.165) is 17.9 Å². The van der Waals surface area contributed by atoms with Crippen molar-refractivity contribution < 1.29 is 14.4 Å². The Morgan fingerprint density at radius 2 is 2.25 bits per heavy atom. The van der Waals surface area contributed by atoms with Gasteiger partial charge in [-0.1, -0.05) is 0 Å². The quantitative estimate of drug-likeness (QED) is 0.449. The molecule has 0 aromatic carbocycles. The maximum Gasteiger partial charge on any atom is 0.468 e. The maximum absolute atomic E-state index is 10.4. The average Bonchev–Trinajstić information content (AvgIpc) is 2.77. The zero-order valence-corrected chi connectivity index (χ0v) is 6.66. The first-order valence-corrected chi connectivity index (χ1v) is 3.88. The number of hydrogen-bond acceptors (Lipinski definition) is 4. The largest absolute Gasteiger partial charge is 0.468 e. The lowest BCUT2D eigenvalue weighted by molar-refractivity contribution is 0.169. The van der Waals surface area contributed by atoms with Gasteiger partial charge in [0.15, 0.2) is 0 Å². The molecule has 1 heterocycles. The zero-order valence-electron chi connectivity index (χ0n) is 6.66. The van der Waals surface area contributed by atoms with Crippen LogP contribution in [0.1, 0.15) is 19.3 Å². The first kappa shape index (κ1) is 8.99. The highest BCUT2D eigenvalue weighted by molar-refractivity contribution is 5.81. The highest BCUT2D eigenvalue weighted by Gasteiger charge is 2.41. The topological polar surface area (TPSA) is 75.7 Å². The van der Waals surface area contributed by atoms with E-state index in [2.05, 4.69) is 4.84 Å². The van der Waals surface area contributed by atoms with Crippen LogP contribution in [-0.4, -0.2) is 30.0 Å². The monoisotopic (exact) mass is 171 g/mol. The third-order valence-corrected chi connectivity index (χ3v) is 1.67. The molecule has 2 N–H and O–H groups in total. The highest BCUT2D eigenvalue weighted by Crippen LogP contribution is 2.19. The van der Waals surface area contributed by atoms with Crippen LogP contribution in [0.15, 0.2) is 0 Å². The standard InChI is InChI=1S/C7H11N2O3/c8-4-2-1-3-6(5-10)9-7(11)12-9/h6H,1-4,8H2/t6-,9?/m0/s1. The second-order valence-electron chi connectivity index (χ2n) is 2.60. The predicted octanol–water partition coefficient (Wildman–Crippen LogP) is -0.0391. The van der Waals surface area contributed by atoms with E-state index < -0.39 is 12.1 Å². The molecule has 0 aliphatic carbocycles. The first-order valence-electron chi connectivity index (χ1n) is 3.88. The summed E-state index contributed by atoms with van der Waals surface area (Å²) in [6, 6.07) is -0.538. The molecule has 0 aromatic heterocycles.